The molecule has 1 fully saturated rings. The fourth-order valence-electron chi connectivity index (χ4n) is 2.56. The number of benzene rings is 1. The first-order valence-electron chi connectivity index (χ1n) is 8.18. The maximum absolute atomic E-state index is 5.62. The first kappa shape index (κ1) is 16.0. The predicted octanol–water partition coefficient (Wildman–Crippen LogP) is 3.63. The van der Waals surface area contributed by atoms with Gasteiger partial charge >= 0.3 is 0 Å². The Morgan fingerprint density at radius 3 is 2.88 bits per heavy atom. The van der Waals surface area contributed by atoms with Crippen molar-refractivity contribution in [1.82, 2.24) is 15.1 Å². The first-order valence-corrected chi connectivity index (χ1v) is 9.33. The van der Waals surface area contributed by atoms with Gasteiger partial charge in [-0.05, 0) is 36.4 Å². The molecule has 3 aromatic rings. The molecule has 0 saturated carbocycles. The molecule has 0 amide bonds. The second-order valence-electron chi connectivity index (χ2n) is 5.75. The van der Waals surface area contributed by atoms with Crippen molar-refractivity contribution >= 4 is 17.6 Å². The molecule has 0 bridgehead atoms. The summed E-state index contributed by atoms with van der Waals surface area (Å²) in [5.41, 5.74) is 0.796. The highest BCUT2D eigenvalue weighted by Gasteiger charge is 2.16. The van der Waals surface area contributed by atoms with Crippen molar-refractivity contribution in [1.29, 1.82) is 0 Å². The van der Waals surface area contributed by atoms with E-state index >= 15 is 0 Å². The molecular formula is C18H18N4O2S. The molecule has 25 heavy (non-hydrogen) atoms. The molecule has 1 N–H and O–H groups in total. The highest BCUT2D eigenvalue weighted by Crippen LogP contribution is 2.22. The van der Waals surface area contributed by atoms with Crippen LogP contribution in [0.15, 0.2) is 53.2 Å². The molecular weight excluding hydrogens is 336 g/mol. The third-order valence-corrected chi connectivity index (χ3v) is 5.03. The Morgan fingerprint density at radius 2 is 2.12 bits per heavy atom. The SMILES string of the molecule is c1ccc(OCc2noc(-c3ccc(NC4CCSC4)nc3)n2)cc1. The van der Waals surface area contributed by atoms with Crippen molar-refractivity contribution in [3.63, 3.8) is 0 Å². The fraction of sp³-hybridized carbons (Fsp3) is 0.278. The van der Waals surface area contributed by atoms with E-state index in [-0.39, 0.29) is 6.61 Å². The highest BCUT2D eigenvalue weighted by atomic mass is 32.2. The maximum Gasteiger partial charge on any atom is 0.259 e. The summed E-state index contributed by atoms with van der Waals surface area (Å²) in [6, 6.07) is 13.9. The number of para-hydroxylation sites is 1. The third kappa shape index (κ3) is 4.11. The number of pyridine rings is 1. The number of aromatic nitrogens is 3. The van der Waals surface area contributed by atoms with Crippen LogP contribution in [0.4, 0.5) is 5.82 Å². The lowest BCUT2D eigenvalue weighted by Gasteiger charge is -2.11. The summed E-state index contributed by atoms with van der Waals surface area (Å²) in [7, 11) is 0. The van der Waals surface area contributed by atoms with Crippen LogP contribution in [0.5, 0.6) is 5.75 Å². The van der Waals surface area contributed by atoms with Crippen molar-refractivity contribution in [2.75, 3.05) is 16.8 Å². The maximum atomic E-state index is 5.62. The van der Waals surface area contributed by atoms with Gasteiger partial charge in [-0.15, -0.1) is 0 Å². The van der Waals surface area contributed by atoms with Gasteiger partial charge in [0.05, 0.1) is 5.56 Å². The first-order chi connectivity index (χ1) is 12.4. The third-order valence-electron chi connectivity index (χ3n) is 3.87. The molecule has 1 aliphatic rings. The van der Waals surface area contributed by atoms with Crippen LogP contribution in [0.1, 0.15) is 12.2 Å². The molecule has 0 spiro atoms. The molecule has 3 heterocycles. The fourth-order valence-corrected chi connectivity index (χ4v) is 3.71. The number of hydrogen-bond donors (Lipinski definition) is 1. The van der Waals surface area contributed by atoms with Crippen LogP contribution < -0.4 is 10.1 Å². The number of nitrogens with one attached hydrogen (secondary N) is 1. The van der Waals surface area contributed by atoms with Crippen molar-refractivity contribution in [2.45, 2.75) is 19.1 Å². The zero-order chi connectivity index (χ0) is 16.9. The summed E-state index contributed by atoms with van der Waals surface area (Å²) in [5.74, 6) is 4.95. The summed E-state index contributed by atoms with van der Waals surface area (Å²) < 4.78 is 10.9. The highest BCUT2D eigenvalue weighted by molar-refractivity contribution is 7.99. The Bertz CT molecular complexity index is 801. The van der Waals surface area contributed by atoms with Gasteiger partial charge in [0.25, 0.3) is 5.89 Å². The second-order valence-corrected chi connectivity index (χ2v) is 6.90. The van der Waals surface area contributed by atoms with E-state index in [1.54, 1.807) is 6.20 Å². The Morgan fingerprint density at radius 1 is 1.20 bits per heavy atom. The van der Waals surface area contributed by atoms with Crippen molar-refractivity contribution < 1.29 is 9.26 Å². The van der Waals surface area contributed by atoms with E-state index in [4.69, 9.17) is 9.26 Å². The second kappa shape index (κ2) is 7.57. The smallest absolute Gasteiger partial charge is 0.259 e. The van der Waals surface area contributed by atoms with Crippen molar-refractivity contribution in [3.05, 3.63) is 54.5 Å². The van der Waals surface area contributed by atoms with E-state index in [2.05, 4.69) is 20.4 Å². The lowest BCUT2D eigenvalue weighted by Crippen LogP contribution is -2.18. The molecule has 2 aromatic heterocycles. The van der Waals surface area contributed by atoms with Gasteiger partial charge in [-0.3, -0.25) is 0 Å². The normalized spacial score (nSPS) is 16.7. The minimum absolute atomic E-state index is 0.264. The standard InChI is InChI=1S/C18H18N4O2S/c1-2-4-15(5-3-1)23-11-17-21-18(24-22-17)13-6-7-16(19-10-13)20-14-8-9-25-12-14/h1-7,10,14H,8-9,11-12H2,(H,19,20). The lowest BCUT2D eigenvalue weighted by molar-refractivity contribution is 0.287. The molecule has 4 rings (SSSR count). The molecule has 7 heteroatoms. The molecule has 1 aromatic carbocycles. The van der Waals surface area contributed by atoms with Gasteiger partial charge in [-0.25, -0.2) is 4.98 Å². The molecule has 1 atom stereocenters. The lowest BCUT2D eigenvalue weighted by atomic mass is 10.2. The van der Waals surface area contributed by atoms with Crippen LogP contribution in [-0.4, -0.2) is 32.7 Å². The van der Waals surface area contributed by atoms with Gasteiger partial charge < -0.3 is 14.6 Å². The van der Waals surface area contributed by atoms with Gasteiger partial charge in [0, 0.05) is 18.0 Å². The van der Waals surface area contributed by atoms with Crippen LogP contribution >= 0.6 is 11.8 Å². The van der Waals surface area contributed by atoms with Crippen LogP contribution in [0, 0.1) is 0 Å². The average molecular weight is 354 g/mol. The van der Waals surface area contributed by atoms with Crippen molar-refractivity contribution in [2.24, 2.45) is 0 Å². The Labute approximate surface area is 150 Å². The van der Waals surface area contributed by atoms with Crippen LogP contribution in [0.2, 0.25) is 0 Å². The zero-order valence-corrected chi connectivity index (χ0v) is 14.4. The van der Waals surface area contributed by atoms with Crippen molar-refractivity contribution in [3.8, 4) is 17.2 Å². The topological polar surface area (TPSA) is 73.1 Å². The summed E-state index contributed by atoms with van der Waals surface area (Å²) in [5, 5.41) is 7.40. The average Bonchev–Trinajstić information content (AvgIpc) is 3.34. The summed E-state index contributed by atoms with van der Waals surface area (Å²) in [4.78, 5) is 8.80. The number of ether oxygens (including phenoxy) is 1. The molecule has 128 valence electrons. The van der Waals surface area contributed by atoms with Gasteiger partial charge in [0.2, 0.25) is 5.82 Å². The summed E-state index contributed by atoms with van der Waals surface area (Å²) in [6.45, 7) is 0.264. The van der Waals surface area contributed by atoms with Crippen LogP contribution in [-0.2, 0) is 6.61 Å². The minimum Gasteiger partial charge on any atom is -0.485 e. The van der Waals surface area contributed by atoms with E-state index in [0.29, 0.717) is 17.8 Å². The molecule has 0 aliphatic carbocycles. The number of thioether (sulfide) groups is 1. The molecule has 6 nitrogen and oxygen atoms in total. The number of rotatable bonds is 6. The zero-order valence-electron chi connectivity index (χ0n) is 13.6. The molecule has 1 saturated heterocycles. The molecule has 1 aliphatic heterocycles. The van der Waals surface area contributed by atoms with Gasteiger partial charge in [0.1, 0.15) is 11.6 Å². The van der Waals surface area contributed by atoms with E-state index < -0.39 is 0 Å². The quantitative estimate of drug-likeness (QED) is 0.724. The predicted molar refractivity (Wildman–Crippen MR) is 97.7 cm³/mol. The molecule has 1 unspecified atom stereocenters. The van der Waals surface area contributed by atoms with E-state index in [9.17, 15) is 0 Å². The van der Waals surface area contributed by atoms with Crippen LogP contribution in [0.3, 0.4) is 0 Å². The Kier molecular flexibility index (Phi) is 4.83. The molecule has 0 radical (unpaired) electrons. The van der Waals surface area contributed by atoms with E-state index in [1.165, 1.54) is 12.2 Å². The number of hydrogen-bond acceptors (Lipinski definition) is 7. The van der Waals surface area contributed by atoms with Gasteiger partial charge in [0.15, 0.2) is 6.61 Å². The number of anilines is 1. The van der Waals surface area contributed by atoms with Crippen LogP contribution in [0.25, 0.3) is 11.5 Å². The Hall–Kier alpha value is -2.54. The Balaban J connectivity index is 1.37. The minimum atomic E-state index is 0.264. The monoisotopic (exact) mass is 354 g/mol. The largest absolute Gasteiger partial charge is 0.485 e. The summed E-state index contributed by atoms with van der Waals surface area (Å²) >= 11 is 1.97. The van der Waals surface area contributed by atoms with Gasteiger partial charge in [-0.1, -0.05) is 23.4 Å². The van der Waals surface area contributed by atoms with E-state index in [0.717, 1.165) is 22.9 Å². The van der Waals surface area contributed by atoms with Gasteiger partial charge in [-0.2, -0.15) is 16.7 Å². The van der Waals surface area contributed by atoms with E-state index in [1.807, 2.05) is 54.2 Å². The number of nitrogens with zero attached hydrogens (tertiary/aromatic N) is 3. The summed E-state index contributed by atoms with van der Waals surface area (Å²) in [6.07, 6.45) is 2.93.